The van der Waals surface area contributed by atoms with Crippen molar-refractivity contribution in [2.75, 3.05) is 39.6 Å². The second-order valence-electron chi connectivity index (χ2n) is 21.7. The van der Waals surface area contributed by atoms with Crippen molar-refractivity contribution in [3.63, 3.8) is 0 Å². The summed E-state index contributed by atoms with van der Waals surface area (Å²) in [5.41, 5.74) is 1.80. The van der Waals surface area contributed by atoms with Gasteiger partial charge in [-0.15, -0.1) is 0 Å². The number of unbranched alkanes of at least 4 members (excludes halogenated alkanes) is 13. The predicted octanol–water partition coefficient (Wildman–Crippen LogP) is 23.4. The summed E-state index contributed by atoms with van der Waals surface area (Å²) in [5, 5.41) is 0. The van der Waals surface area contributed by atoms with Crippen molar-refractivity contribution < 1.29 is 81.1 Å². The van der Waals surface area contributed by atoms with E-state index < -0.39 is 69.8 Å². The Labute approximate surface area is 534 Å². The van der Waals surface area contributed by atoms with Crippen LogP contribution in [0.15, 0.2) is 72.8 Å². The molecule has 0 saturated carbocycles. The summed E-state index contributed by atoms with van der Waals surface area (Å²) in [7, 11) is 0. The lowest BCUT2D eigenvalue weighted by Gasteiger charge is -2.08. The molecule has 0 unspecified atom stereocenters. The molecule has 0 aliphatic rings. The summed E-state index contributed by atoms with van der Waals surface area (Å²) in [6.07, 6.45) is 19.2. The number of aryl methyl sites for hydroxylation is 6. The van der Waals surface area contributed by atoms with Gasteiger partial charge < -0.3 is 28.4 Å². The first kappa shape index (κ1) is 82.3. The van der Waals surface area contributed by atoms with Gasteiger partial charge in [-0.25, -0.2) is 26.3 Å². The van der Waals surface area contributed by atoms with Gasteiger partial charge >= 0.3 is 0 Å². The SMILES string of the molecule is CCCCCCOc1ccc(C)c(F)c1F.CCCCCCOc1ccc(C)c(F)c1F.CCCCCOc1ccc(C)c(F)c1F.CCCCCOc1ccc(C)c(F)c1F.CCCCCOc1ccc(C)c(F)c1F.CCCCOc1ccc(C)c(F)c1F. The summed E-state index contributed by atoms with van der Waals surface area (Å²) in [6, 6.07) is 18.0. The first-order chi connectivity index (χ1) is 43.5. The van der Waals surface area contributed by atoms with Gasteiger partial charge in [0.1, 0.15) is 0 Å². The van der Waals surface area contributed by atoms with E-state index in [0.29, 0.717) is 73.0 Å². The molecule has 0 aliphatic heterocycles. The minimum atomic E-state index is -0.888. The summed E-state index contributed by atoms with van der Waals surface area (Å²) in [6.45, 7) is 24.3. The number of benzene rings is 6. The second kappa shape index (κ2) is 48.1. The lowest BCUT2D eigenvalue weighted by molar-refractivity contribution is 0.285. The van der Waals surface area contributed by atoms with Gasteiger partial charge in [-0.1, -0.05) is 161 Å². The molecule has 0 atom stereocenters. The largest absolute Gasteiger partial charge is 0.490 e. The van der Waals surface area contributed by atoms with Gasteiger partial charge in [-0.05, 0) is 150 Å². The normalized spacial score (nSPS) is 10.4. The number of hydrogen-bond acceptors (Lipinski definition) is 6. The molecule has 0 saturated heterocycles. The fourth-order valence-electron chi connectivity index (χ4n) is 7.79. The highest BCUT2D eigenvalue weighted by molar-refractivity contribution is 5.34. The number of hydrogen-bond donors (Lipinski definition) is 0. The molecule has 510 valence electrons. The Morgan fingerprint density at radius 2 is 0.330 bits per heavy atom. The quantitative estimate of drug-likeness (QED) is 0.0319. The smallest absolute Gasteiger partial charge is 0.200 e. The van der Waals surface area contributed by atoms with Crippen molar-refractivity contribution in [1.82, 2.24) is 0 Å². The molecule has 0 aromatic heterocycles. The molecule has 18 heteroatoms. The molecule has 0 spiro atoms. The zero-order chi connectivity index (χ0) is 68.3. The Bertz CT molecular complexity index is 2750. The van der Waals surface area contributed by atoms with Gasteiger partial charge in [0.25, 0.3) is 0 Å². The fraction of sp³-hybridized carbons (Fsp3) is 0.507. The minimum Gasteiger partial charge on any atom is -0.490 e. The van der Waals surface area contributed by atoms with E-state index in [9.17, 15) is 52.7 Å². The van der Waals surface area contributed by atoms with Crippen LogP contribution >= 0.6 is 0 Å². The summed E-state index contributed by atoms with van der Waals surface area (Å²) < 4.78 is 189. The van der Waals surface area contributed by atoms with E-state index in [1.54, 1.807) is 0 Å². The van der Waals surface area contributed by atoms with Crippen molar-refractivity contribution in [2.24, 2.45) is 0 Å². The Hall–Kier alpha value is -6.72. The standard InChI is InChI=1S/2C13H18F2O.3C12H16F2O.C11H14F2O/c2*1-3-4-5-6-9-16-11-8-7-10(2)12(14)13(11)15;3*1-3-4-5-8-15-10-7-6-9(2)11(13)12(10)14;1-3-4-7-14-9-6-5-8(2)10(12)11(9)13/h2*7-8H,3-6,9H2,1-2H3;3*6-7H,3-5,8H2,1-2H3;5-6H,3-4,7H2,1-2H3. The maximum atomic E-state index is 13.3. The van der Waals surface area contributed by atoms with E-state index in [4.69, 9.17) is 28.4 Å². The topological polar surface area (TPSA) is 55.4 Å². The van der Waals surface area contributed by atoms with Crippen molar-refractivity contribution in [2.45, 2.75) is 205 Å². The van der Waals surface area contributed by atoms with Gasteiger partial charge in [0.05, 0.1) is 39.6 Å². The zero-order valence-corrected chi connectivity index (χ0v) is 55.6. The van der Waals surface area contributed by atoms with Crippen LogP contribution < -0.4 is 28.4 Å². The zero-order valence-electron chi connectivity index (χ0n) is 55.6. The molecule has 0 bridgehead atoms. The van der Waals surface area contributed by atoms with Crippen LogP contribution in [0.25, 0.3) is 0 Å². The Balaban J connectivity index is 0.000000546. The third-order valence-electron chi connectivity index (χ3n) is 13.7. The van der Waals surface area contributed by atoms with Gasteiger partial charge in [0.15, 0.2) is 69.4 Å². The van der Waals surface area contributed by atoms with Gasteiger partial charge in [0, 0.05) is 0 Å². The maximum Gasteiger partial charge on any atom is 0.200 e. The number of ether oxygens (including phenoxy) is 6. The summed E-state index contributed by atoms with van der Waals surface area (Å²) >= 11 is 0. The molecule has 0 heterocycles. The molecule has 6 aromatic carbocycles. The lowest BCUT2D eigenvalue weighted by atomic mass is 10.2. The lowest BCUT2D eigenvalue weighted by Crippen LogP contribution is -2.01. The van der Waals surface area contributed by atoms with Gasteiger partial charge in [-0.2, -0.15) is 26.3 Å². The molecular weight excluding hydrogens is 1200 g/mol. The maximum absolute atomic E-state index is 13.3. The Kier molecular flexibility index (Phi) is 43.5. The number of halogens is 12. The highest BCUT2D eigenvalue weighted by Crippen LogP contribution is 2.28. The molecular formula is C73H98F12O6. The van der Waals surface area contributed by atoms with Crippen LogP contribution in [0, 0.1) is 111 Å². The molecule has 6 rings (SSSR count). The first-order valence-electron chi connectivity index (χ1n) is 31.9. The first-order valence-corrected chi connectivity index (χ1v) is 31.9. The van der Waals surface area contributed by atoms with E-state index in [-0.39, 0.29) is 34.5 Å². The van der Waals surface area contributed by atoms with Crippen LogP contribution in [0.1, 0.15) is 197 Å². The second-order valence-corrected chi connectivity index (χ2v) is 21.7. The van der Waals surface area contributed by atoms with E-state index >= 15 is 0 Å². The van der Waals surface area contributed by atoms with Crippen molar-refractivity contribution in [3.05, 3.63) is 176 Å². The molecule has 0 amide bonds. The van der Waals surface area contributed by atoms with Crippen molar-refractivity contribution in [3.8, 4) is 34.5 Å². The fourth-order valence-corrected chi connectivity index (χ4v) is 7.79. The molecule has 0 aliphatic carbocycles. The highest BCUT2D eigenvalue weighted by Gasteiger charge is 2.17. The average molecular weight is 1300 g/mol. The predicted molar refractivity (Wildman–Crippen MR) is 341 cm³/mol. The van der Waals surface area contributed by atoms with E-state index in [1.807, 2.05) is 6.92 Å². The van der Waals surface area contributed by atoms with E-state index in [0.717, 1.165) is 122 Å². The van der Waals surface area contributed by atoms with Gasteiger partial charge in [0.2, 0.25) is 34.9 Å². The molecule has 6 aromatic rings. The summed E-state index contributed by atoms with van der Waals surface area (Å²) in [4.78, 5) is 0. The van der Waals surface area contributed by atoms with Crippen LogP contribution in [0.4, 0.5) is 52.7 Å². The molecule has 0 radical (unpaired) electrons. The van der Waals surface area contributed by atoms with Crippen LogP contribution in [-0.2, 0) is 0 Å². The number of rotatable bonds is 31. The van der Waals surface area contributed by atoms with Gasteiger partial charge in [-0.3, -0.25) is 0 Å². The molecule has 6 nitrogen and oxygen atoms in total. The van der Waals surface area contributed by atoms with E-state index in [1.165, 1.54) is 114 Å². The Morgan fingerprint density at radius 1 is 0.187 bits per heavy atom. The molecule has 0 fully saturated rings. The highest BCUT2D eigenvalue weighted by atomic mass is 19.2. The van der Waals surface area contributed by atoms with Crippen LogP contribution in [0.2, 0.25) is 0 Å². The van der Waals surface area contributed by atoms with Crippen LogP contribution in [0.3, 0.4) is 0 Å². The third kappa shape index (κ3) is 31.4. The van der Waals surface area contributed by atoms with E-state index in [2.05, 4.69) is 34.6 Å². The minimum absolute atomic E-state index is 0.00144. The monoisotopic (exact) mass is 1300 g/mol. The summed E-state index contributed by atoms with van der Waals surface area (Å²) in [5.74, 6) is -10.1. The van der Waals surface area contributed by atoms with Crippen molar-refractivity contribution in [1.29, 1.82) is 0 Å². The molecule has 0 N–H and O–H groups in total. The average Bonchev–Trinajstić information content (AvgIpc) is 2.61. The molecule has 91 heavy (non-hydrogen) atoms. The van der Waals surface area contributed by atoms with Crippen LogP contribution in [-0.4, -0.2) is 39.6 Å². The van der Waals surface area contributed by atoms with Crippen molar-refractivity contribution >= 4 is 0 Å². The third-order valence-corrected chi connectivity index (χ3v) is 13.7. The Morgan fingerprint density at radius 3 is 0.495 bits per heavy atom. The van der Waals surface area contributed by atoms with Crippen LogP contribution in [0.5, 0.6) is 34.5 Å².